The summed E-state index contributed by atoms with van der Waals surface area (Å²) in [5, 5.41) is 5.06. The third-order valence-corrected chi connectivity index (χ3v) is 4.50. The van der Waals surface area contributed by atoms with Gasteiger partial charge >= 0.3 is 6.18 Å². The molecule has 0 spiro atoms. The van der Waals surface area contributed by atoms with Crippen LogP contribution in [0.3, 0.4) is 0 Å². The van der Waals surface area contributed by atoms with Crippen LogP contribution in [0.15, 0.2) is 42.5 Å². The molecule has 0 unspecified atom stereocenters. The van der Waals surface area contributed by atoms with E-state index >= 15 is 0 Å². The number of halogens is 4. The number of hydrogen-bond acceptors (Lipinski definition) is 3. The highest BCUT2D eigenvalue weighted by Gasteiger charge is 2.34. The lowest BCUT2D eigenvalue weighted by Gasteiger charge is -2.20. The third kappa shape index (κ3) is 4.56. The van der Waals surface area contributed by atoms with E-state index in [9.17, 15) is 22.8 Å². The zero-order valence-electron chi connectivity index (χ0n) is 14.6. The molecule has 2 amide bonds. The van der Waals surface area contributed by atoms with Gasteiger partial charge in [0.05, 0.1) is 29.2 Å². The molecule has 1 aliphatic heterocycles. The van der Waals surface area contributed by atoms with E-state index in [0.29, 0.717) is 24.3 Å². The van der Waals surface area contributed by atoms with Gasteiger partial charge in [0.1, 0.15) is 0 Å². The minimum absolute atomic E-state index is 0.00492. The Morgan fingerprint density at radius 2 is 1.89 bits per heavy atom. The number of hydrogen-bond donors (Lipinski definition) is 2. The van der Waals surface area contributed by atoms with Crippen molar-refractivity contribution < 1.29 is 22.8 Å². The molecule has 0 atom stereocenters. The van der Waals surface area contributed by atoms with Gasteiger partial charge in [0.2, 0.25) is 11.8 Å². The molecular weight excluding hydrogens is 395 g/mol. The zero-order chi connectivity index (χ0) is 20.3. The summed E-state index contributed by atoms with van der Waals surface area (Å²) in [5.74, 6) is -0.662. The number of nitrogens with zero attached hydrogens (tertiary/aromatic N) is 1. The predicted molar refractivity (Wildman–Crippen MR) is 102 cm³/mol. The molecule has 2 aromatic rings. The molecule has 2 aromatic carbocycles. The summed E-state index contributed by atoms with van der Waals surface area (Å²) in [4.78, 5) is 25.8. The summed E-state index contributed by atoms with van der Waals surface area (Å²) in [6, 6.07) is 10.1. The number of para-hydroxylation sites is 2. The van der Waals surface area contributed by atoms with Gasteiger partial charge in [0.25, 0.3) is 0 Å². The SMILES string of the molecule is O=C(CNc1ccccc1N1CCCC1=O)Nc1ccc(Cl)cc1C(F)(F)F. The van der Waals surface area contributed by atoms with Crippen LogP contribution in [0.2, 0.25) is 5.02 Å². The van der Waals surface area contributed by atoms with E-state index in [1.54, 1.807) is 29.2 Å². The first-order valence-corrected chi connectivity index (χ1v) is 8.93. The van der Waals surface area contributed by atoms with E-state index in [2.05, 4.69) is 10.6 Å². The Balaban J connectivity index is 1.70. The van der Waals surface area contributed by atoms with Gasteiger partial charge < -0.3 is 15.5 Å². The van der Waals surface area contributed by atoms with Crippen LogP contribution in [0.5, 0.6) is 0 Å². The fourth-order valence-corrected chi connectivity index (χ4v) is 3.16. The van der Waals surface area contributed by atoms with Gasteiger partial charge in [-0.15, -0.1) is 0 Å². The highest BCUT2D eigenvalue weighted by atomic mass is 35.5. The van der Waals surface area contributed by atoms with Crippen LogP contribution >= 0.6 is 11.6 Å². The molecule has 5 nitrogen and oxygen atoms in total. The van der Waals surface area contributed by atoms with Crippen LogP contribution in [-0.2, 0) is 15.8 Å². The second-order valence-corrected chi connectivity index (χ2v) is 6.69. The van der Waals surface area contributed by atoms with Crippen LogP contribution in [0, 0.1) is 0 Å². The summed E-state index contributed by atoms with van der Waals surface area (Å²) >= 11 is 5.63. The van der Waals surface area contributed by atoms with Gasteiger partial charge in [0, 0.05) is 18.0 Å². The minimum Gasteiger partial charge on any atom is -0.374 e. The van der Waals surface area contributed by atoms with Gasteiger partial charge in [-0.2, -0.15) is 13.2 Å². The Hall–Kier alpha value is -2.74. The maximum absolute atomic E-state index is 13.1. The second-order valence-electron chi connectivity index (χ2n) is 6.26. The van der Waals surface area contributed by atoms with Crippen molar-refractivity contribution in [3.05, 3.63) is 53.1 Å². The summed E-state index contributed by atoms with van der Waals surface area (Å²) < 4.78 is 39.4. The molecule has 0 aromatic heterocycles. The monoisotopic (exact) mass is 411 g/mol. The van der Waals surface area contributed by atoms with Crippen molar-refractivity contribution in [2.45, 2.75) is 19.0 Å². The highest BCUT2D eigenvalue weighted by molar-refractivity contribution is 6.30. The number of anilines is 3. The van der Waals surface area contributed by atoms with Crippen LogP contribution in [0.4, 0.5) is 30.2 Å². The van der Waals surface area contributed by atoms with E-state index in [4.69, 9.17) is 11.6 Å². The quantitative estimate of drug-likeness (QED) is 0.759. The maximum atomic E-state index is 13.1. The van der Waals surface area contributed by atoms with Crippen LogP contribution in [-0.4, -0.2) is 24.9 Å². The minimum atomic E-state index is -4.65. The van der Waals surface area contributed by atoms with E-state index in [-0.39, 0.29) is 23.2 Å². The predicted octanol–water partition coefficient (Wildman–Crippen LogP) is 4.54. The number of rotatable bonds is 5. The van der Waals surface area contributed by atoms with Gasteiger partial charge in [0.15, 0.2) is 0 Å². The van der Waals surface area contributed by atoms with E-state index in [1.165, 1.54) is 6.07 Å². The molecule has 0 radical (unpaired) electrons. The van der Waals surface area contributed by atoms with E-state index < -0.39 is 17.6 Å². The fraction of sp³-hybridized carbons (Fsp3) is 0.263. The standard InChI is InChI=1S/C19H17ClF3N3O2/c20-12-7-8-14(13(10-12)19(21,22)23)25-17(27)11-24-15-4-1-2-5-16(15)26-9-3-6-18(26)28/h1-2,4-5,7-8,10,24H,3,6,9,11H2,(H,25,27). The summed E-state index contributed by atoms with van der Waals surface area (Å²) in [6.07, 6.45) is -3.43. The van der Waals surface area contributed by atoms with Crippen LogP contribution in [0.1, 0.15) is 18.4 Å². The van der Waals surface area contributed by atoms with Crippen molar-refractivity contribution in [2.24, 2.45) is 0 Å². The Morgan fingerprint density at radius 3 is 2.57 bits per heavy atom. The van der Waals surface area contributed by atoms with Gasteiger partial charge in [-0.3, -0.25) is 9.59 Å². The molecule has 9 heteroatoms. The molecule has 28 heavy (non-hydrogen) atoms. The Kier molecular flexibility index (Phi) is 5.79. The molecule has 3 rings (SSSR count). The van der Waals surface area contributed by atoms with Crippen molar-refractivity contribution in [3.63, 3.8) is 0 Å². The maximum Gasteiger partial charge on any atom is 0.418 e. The number of carbonyl (C=O) groups is 2. The second kappa shape index (κ2) is 8.10. The average molecular weight is 412 g/mol. The molecule has 0 saturated carbocycles. The van der Waals surface area contributed by atoms with Crippen molar-refractivity contribution in [3.8, 4) is 0 Å². The first kappa shape index (κ1) is 20.0. The van der Waals surface area contributed by atoms with Crippen LogP contribution in [0.25, 0.3) is 0 Å². The average Bonchev–Trinajstić information content (AvgIpc) is 3.06. The summed E-state index contributed by atoms with van der Waals surface area (Å²) in [6.45, 7) is 0.322. The molecule has 1 heterocycles. The summed E-state index contributed by atoms with van der Waals surface area (Å²) in [5.41, 5.74) is -0.191. The smallest absolute Gasteiger partial charge is 0.374 e. The molecule has 0 bridgehead atoms. The summed E-state index contributed by atoms with van der Waals surface area (Å²) in [7, 11) is 0. The lowest BCUT2D eigenvalue weighted by molar-refractivity contribution is -0.137. The topological polar surface area (TPSA) is 61.4 Å². The number of nitrogens with one attached hydrogen (secondary N) is 2. The zero-order valence-corrected chi connectivity index (χ0v) is 15.4. The first-order chi connectivity index (χ1) is 13.3. The normalized spacial score (nSPS) is 14.3. The van der Waals surface area contributed by atoms with Crippen molar-refractivity contribution >= 4 is 40.5 Å². The van der Waals surface area contributed by atoms with Gasteiger partial charge in [-0.05, 0) is 36.8 Å². The Morgan fingerprint density at radius 1 is 1.14 bits per heavy atom. The fourth-order valence-electron chi connectivity index (χ4n) is 2.99. The lowest BCUT2D eigenvalue weighted by atomic mass is 10.1. The molecule has 1 fully saturated rings. The molecule has 1 aliphatic rings. The van der Waals surface area contributed by atoms with E-state index in [0.717, 1.165) is 18.6 Å². The highest BCUT2D eigenvalue weighted by Crippen LogP contribution is 2.36. The van der Waals surface area contributed by atoms with Gasteiger partial charge in [-0.1, -0.05) is 23.7 Å². The molecule has 148 valence electrons. The molecular formula is C19H17ClF3N3O2. The first-order valence-electron chi connectivity index (χ1n) is 8.55. The lowest BCUT2D eigenvalue weighted by Crippen LogP contribution is -2.27. The number of benzene rings is 2. The van der Waals surface area contributed by atoms with Crippen molar-refractivity contribution in [2.75, 3.05) is 28.6 Å². The Bertz CT molecular complexity index is 902. The third-order valence-electron chi connectivity index (χ3n) is 4.27. The Labute approximate surface area is 164 Å². The number of alkyl halides is 3. The largest absolute Gasteiger partial charge is 0.418 e. The molecule has 0 aliphatic carbocycles. The van der Waals surface area contributed by atoms with Crippen LogP contribution < -0.4 is 15.5 Å². The molecule has 1 saturated heterocycles. The van der Waals surface area contributed by atoms with Gasteiger partial charge in [-0.25, -0.2) is 0 Å². The van der Waals surface area contributed by atoms with Crippen molar-refractivity contribution in [1.82, 2.24) is 0 Å². The van der Waals surface area contributed by atoms with Crippen molar-refractivity contribution in [1.29, 1.82) is 0 Å². The molecule has 2 N–H and O–H groups in total. The number of carbonyl (C=O) groups excluding carboxylic acids is 2. The number of amides is 2. The van der Waals surface area contributed by atoms with E-state index in [1.807, 2.05) is 0 Å².